The minimum absolute atomic E-state index is 0.388. The Morgan fingerprint density at radius 2 is 1.77 bits per heavy atom. The molecular formula is C18H24N2O2. The Labute approximate surface area is 131 Å². The summed E-state index contributed by atoms with van der Waals surface area (Å²) in [5, 5.41) is 11.7. The topological polar surface area (TPSA) is 89.3 Å². The average molecular weight is 300 g/mol. The molecule has 0 saturated heterocycles. The van der Waals surface area contributed by atoms with Gasteiger partial charge in [-0.25, -0.2) is 0 Å². The third-order valence-corrected chi connectivity index (χ3v) is 4.09. The second kappa shape index (κ2) is 7.92. The van der Waals surface area contributed by atoms with Gasteiger partial charge in [-0.2, -0.15) is 0 Å². The molecule has 118 valence electrons. The normalized spacial score (nSPS) is 13.9. The third-order valence-electron chi connectivity index (χ3n) is 4.09. The van der Waals surface area contributed by atoms with Crippen LogP contribution in [0.3, 0.4) is 0 Å². The predicted octanol–water partition coefficient (Wildman–Crippen LogP) is 2.85. The highest BCUT2D eigenvalue weighted by Gasteiger charge is 2.28. The van der Waals surface area contributed by atoms with E-state index in [0.29, 0.717) is 13.0 Å². The van der Waals surface area contributed by atoms with Crippen molar-refractivity contribution in [2.75, 3.05) is 6.54 Å². The number of hydrogen-bond donors (Lipinski definition) is 3. The molecule has 0 aliphatic carbocycles. The Bertz CT molecular complexity index is 622. The summed E-state index contributed by atoms with van der Waals surface area (Å²) < 4.78 is 0. The number of hydrogen-bond acceptors (Lipinski definition) is 3. The summed E-state index contributed by atoms with van der Waals surface area (Å²) in [5.41, 5.74) is 12.5. The van der Waals surface area contributed by atoms with Gasteiger partial charge in [0.05, 0.1) is 5.92 Å². The molecule has 4 heteroatoms. The Morgan fingerprint density at radius 3 is 2.50 bits per heavy atom. The van der Waals surface area contributed by atoms with Gasteiger partial charge in [0, 0.05) is 6.04 Å². The summed E-state index contributed by atoms with van der Waals surface area (Å²) in [6, 6.07) is 13.2. The molecule has 0 fully saturated rings. The van der Waals surface area contributed by atoms with E-state index < -0.39 is 11.9 Å². The van der Waals surface area contributed by atoms with Crippen LogP contribution >= 0.6 is 0 Å². The van der Waals surface area contributed by atoms with Crippen molar-refractivity contribution in [2.45, 2.75) is 37.6 Å². The number of benzene rings is 2. The van der Waals surface area contributed by atoms with Crippen LogP contribution in [-0.2, 0) is 4.79 Å². The smallest absolute Gasteiger partial charge is 0.312 e. The highest BCUT2D eigenvalue weighted by atomic mass is 16.4. The summed E-state index contributed by atoms with van der Waals surface area (Å²) in [5.74, 6) is -1.54. The van der Waals surface area contributed by atoms with Gasteiger partial charge in [0.15, 0.2) is 0 Å². The van der Waals surface area contributed by atoms with Gasteiger partial charge in [0.2, 0.25) is 0 Å². The second-order valence-electron chi connectivity index (χ2n) is 5.69. The zero-order chi connectivity index (χ0) is 15.9. The molecule has 0 bridgehead atoms. The number of carbonyl (C=O) groups is 1. The van der Waals surface area contributed by atoms with Crippen LogP contribution in [0.5, 0.6) is 0 Å². The van der Waals surface area contributed by atoms with E-state index in [9.17, 15) is 9.90 Å². The molecule has 0 amide bonds. The first-order valence-electron chi connectivity index (χ1n) is 7.81. The number of carboxylic acids is 1. The van der Waals surface area contributed by atoms with Gasteiger partial charge in [0.1, 0.15) is 0 Å². The molecule has 2 unspecified atom stereocenters. The van der Waals surface area contributed by atoms with Gasteiger partial charge < -0.3 is 16.6 Å². The molecule has 0 radical (unpaired) electrons. The van der Waals surface area contributed by atoms with Crippen LogP contribution in [0.15, 0.2) is 42.5 Å². The van der Waals surface area contributed by atoms with Gasteiger partial charge >= 0.3 is 5.97 Å². The Kier molecular flexibility index (Phi) is 5.92. The van der Waals surface area contributed by atoms with Crippen molar-refractivity contribution in [1.82, 2.24) is 0 Å². The summed E-state index contributed by atoms with van der Waals surface area (Å²) in [6.45, 7) is 0.668. The third kappa shape index (κ3) is 3.84. The number of fused-ring (bicyclic) bond motifs is 1. The maximum atomic E-state index is 11.8. The Balaban J connectivity index is 2.25. The monoisotopic (exact) mass is 300 g/mol. The summed E-state index contributed by atoms with van der Waals surface area (Å²) in [6.07, 6.45) is 3.55. The van der Waals surface area contributed by atoms with E-state index >= 15 is 0 Å². The van der Waals surface area contributed by atoms with Crippen molar-refractivity contribution < 1.29 is 9.90 Å². The molecule has 2 atom stereocenters. The van der Waals surface area contributed by atoms with Crippen molar-refractivity contribution in [2.24, 2.45) is 11.5 Å². The lowest BCUT2D eigenvalue weighted by Crippen LogP contribution is -2.33. The van der Waals surface area contributed by atoms with Gasteiger partial charge in [-0.3, -0.25) is 4.79 Å². The fourth-order valence-electron chi connectivity index (χ4n) is 2.94. The first-order chi connectivity index (χ1) is 10.6. The molecule has 0 aliphatic heterocycles. The van der Waals surface area contributed by atoms with Crippen LogP contribution < -0.4 is 11.5 Å². The standard InChI is InChI=1S/C18H24N2O2/c19-12-5-1-2-11-16(20)17(18(21)22)15-10-6-8-13-7-3-4-9-14(13)15/h3-4,6-10,16-17H,1-2,5,11-12,19-20H2,(H,21,22). The Hall–Kier alpha value is -1.91. The van der Waals surface area contributed by atoms with E-state index in [2.05, 4.69) is 0 Å². The largest absolute Gasteiger partial charge is 0.481 e. The van der Waals surface area contributed by atoms with E-state index in [1.807, 2.05) is 42.5 Å². The zero-order valence-corrected chi connectivity index (χ0v) is 12.7. The number of unbranched alkanes of at least 4 members (excludes halogenated alkanes) is 2. The molecule has 4 nitrogen and oxygen atoms in total. The van der Waals surface area contributed by atoms with Gasteiger partial charge in [-0.15, -0.1) is 0 Å². The average Bonchev–Trinajstić information content (AvgIpc) is 2.52. The van der Waals surface area contributed by atoms with Crippen molar-refractivity contribution in [3.63, 3.8) is 0 Å². The van der Waals surface area contributed by atoms with Crippen LogP contribution in [0.2, 0.25) is 0 Å². The lowest BCUT2D eigenvalue weighted by atomic mass is 9.86. The number of aliphatic carboxylic acids is 1. The van der Waals surface area contributed by atoms with E-state index in [1.54, 1.807) is 0 Å². The minimum atomic E-state index is -0.859. The first-order valence-corrected chi connectivity index (χ1v) is 7.81. The molecule has 5 N–H and O–H groups in total. The van der Waals surface area contributed by atoms with Crippen LogP contribution in [0.1, 0.15) is 37.2 Å². The highest BCUT2D eigenvalue weighted by molar-refractivity contribution is 5.91. The lowest BCUT2D eigenvalue weighted by molar-refractivity contribution is -0.139. The highest BCUT2D eigenvalue weighted by Crippen LogP contribution is 2.29. The van der Waals surface area contributed by atoms with Crippen LogP contribution in [0, 0.1) is 0 Å². The van der Waals surface area contributed by atoms with Crippen molar-refractivity contribution >= 4 is 16.7 Å². The van der Waals surface area contributed by atoms with Crippen molar-refractivity contribution in [1.29, 1.82) is 0 Å². The van der Waals surface area contributed by atoms with E-state index in [4.69, 9.17) is 11.5 Å². The number of carboxylic acid groups (broad SMARTS) is 1. The molecule has 22 heavy (non-hydrogen) atoms. The first kappa shape index (κ1) is 16.5. The maximum absolute atomic E-state index is 11.8. The summed E-state index contributed by atoms with van der Waals surface area (Å²) >= 11 is 0. The molecule has 0 spiro atoms. The summed E-state index contributed by atoms with van der Waals surface area (Å²) in [7, 11) is 0. The van der Waals surface area contributed by atoms with Crippen LogP contribution in [0.25, 0.3) is 10.8 Å². The zero-order valence-electron chi connectivity index (χ0n) is 12.7. The number of nitrogens with two attached hydrogens (primary N) is 2. The van der Waals surface area contributed by atoms with Crippen LogP contribution in [0.4, 0.5) is 0 Å². The molecule has 0 heterocycles. The fraction of sp³-hybridized carbons (Fsp3) is 0.389. The SMILES string of the molecule is NCCCCCC(N)C(C(=O)O)c1cccc2ccccc12. The number of rotatable bonds is 8. The van der Waals surface area contributed by atoms with Crippen LogP contribution in [-0.4, -0.2) is 23.7 Å². The molecule has 0 saturated carbocycles. The predicted molar refractivity (Wildman–Crippen MR) is 89.8 cm³/mol. The molecule has 2 rings (SSSR count). The van der Waals surface area contributed by atoms with E-state index in [1.165, 1.54) is 0 Å². The van der Waals surface area contributed by atoms with Gasteiger partial charge in [-0.1, -0.05) is 55.3 Å². The van der Waals surface area contributed by atoms with Gasteiger partial charge in [-0.05, 0) is 35.7 Å². The quantitative estimate of drug-likeness (QED) is 0.654. The van der Waals surface area contributed by atoms with Crippen molar-refractivity contribution in [3.05, 3.63) is 48.0 Å². The second-order valence-corrected chi connectivity index (χ2v) is 5.69. The lowest BCUT2D eigenvalue weighted by Gasteiger charge is -2.22. The van der Waals surface area contributed by atoms with Crippen molar-refractivity contribution in [3.8, 4) is 0 Å². The molecule has 2 aromatic rings. The fourth-order valence-corrected chi connectivity index (χ4v) is 2.94. The molecular weight excluding hydrogens is 276 g/mol. The van der Waals surface area contributed by atoms with E-state index in [0.717, 1.165) is 35.6 Å². The molecule has 0 aromatic heterocycles. The Morgan fingerprint density at radius 1 is 1.05 bits per heavy atom. The minimum Gasteiger partial charge on any atom is -0.481 e. The molecule has 2 aromatic carbocycles. The maximum Gasteiger partial charge on any atom is 0.312 e. The van der Waals surface area contributed by atoms with E-state index in [-0.39, 0.29) is 6.04 Å². The summed E-state index contributed by atoms with van der Waals surface area (Å²) in [4.78, 5) is 11.8. The molecule has 0 aliphatic rings. The van der Waals surface area contributed by atoms with Gasteiger partial charge in [0.25, 0.3) is 0 Å².